The molecule has 0 spiro atoms. The third kappa shape index (κ3) is 4.46. The summed E-state index contributed by atoms with van der Waals surface area (Å²) < 4.78 is 0.580. The summed E-state index contributed by atoms with van der Waals surface area (Å²) in [6.45, 7) is 5.88. The van der Waals surface area contributed by atoms with Crippen molar-refractivity contribution in [2.75, 3.05) is 17.3 Å². The molecule has 0 atom stereocenters. The third-order valence-electron chi connectivity index (χ3n) is 1.86. The van der Waals surface area contributed by atoms with Crippen molar-refractivity contribution in [3.63, 3.8) is 0 Å². The number of nitrogens with zero attached hydrogens (tertiary/aromatic N) is 2. The molecule has 0 unspecified atom stereocenters. The average Bonchev–Trinajstić information content (AvgIpc) is 2.25. The second-order valence-electron chi connectivity index (χ2n) is 4.68. The van der Waals surface area contributed by atoms with Crippen molar-refractivity contribution in [3.05, 3.63) is 10.8 Å². The Hall–Kier alpha value is -1.41. The zero-order valence-electron chi connectivity index (χ0n) is 10.5. The Morgan fingerprint density at radius 2 is 2.00 bits per heavy atom. The lowest BCUT2D eigenvalue weighted by Crippen LogP contribution is -2.43. The summed E-state index contributed by atoms with van der Waals surface area (Å²) in [7, 11) is 0. The number of hydrogen-bond acceptors (Lipinski definition) is 6. The number of hydrogen-bond donors (Lipinski definition) is 4. The fourth-order valence-electron chi connectivity index (χ4n) is 1.22. The molecule has 8 heteroatoms. The van der Waals surface area contributed by atoms with E-state index in [0.717, 1.165) is 0 Å². The van der Waals surface area contributed by atoms with Gasteiger partial charge in [-0.25, -0.2) is 15.8 Å². The first-order valence-corrected chi connectivity index (χ1v) is 6.15. The van der Waals surface area contributed by atoms with Crippen molar-refractivity contribution in [2.45, 2.75) is 26.3 Å². The zero-order valence-corrected chi connectivity index (χ0v) is 12.1. The van der Waals surface area contributed by atoms with Crippen LogP contribution in [0, 0.1) is 0 Å². The van der Waals surface area contributed by atoms with Crippen molar-refractivity contribution >= 4 is 33.5 Å². The Morgan fingerprint density at radius 1 is 1.39 bits per heavy atom. The predicted octanol–water partition coefficient (Wildman–Crippen LogP) is 0.851. The van der Waals surface area contributed by atoms with Crippen LogP contribution in [0.4, 0.5) is 11.6 Å². The summed E-state index contributed by atoms with van der Waals surface area (Å²) >= 11 is 3.29. The molecule has 1 rings (SSSR count). The van der Waals surface area contributed by atoms with E-state index in [4.69, 9.17) is 5.84 Å². The van der Waals surface area contributed by atoms with Crippen molar-refractivity contribution in [1.82, 2.24) is 15.3 Å². The largest absolute Gasteiger partial charge is 0.360 e. The van der Waals surface area contributed by atoms with E-state index in [1.807, 2.05) is 20.8 Å². The molecule has 7 nitrogen and oxygen atoms in total. The van der Waals surface area contributed by atoms with Gasteiger partial charge in [-0.1, -0.05) is 0 Å². The van der Waals surface area contributed by atoms with Gasteiger partial charge in [-0.05, 0) is 36.7 Å². The highest BCUT2D eigenvalue weighted by Crippen LogP contribution is 2.25. The van der Waals surface area contributed by atoms with Gasteiger partial charge in [0.2, 0.25) is 5.91 Å². The molecular weight excluding hydrogens is 300 g/mol. The van der Waals surface area contributed by atoms with Crippen molar-refractivity contribution in [1.29, 1.82) is 0 Å². The molecule has 1 amide bonds. The number of nitrogen functional groups attached to an aromatic ring is 1. The normalized spacial score (nSPS) is 10.9. The molecule has 0 aliphatic heterocycles. The molecule has 1 aromatic rings. The lowest BCUT2D eigenvalue weighted by molar-refractivity contribution is -0.120. The van der Waals surface area contributed by atoms with Crippen LogP contribution in [0.1, 0.15) is 20.8 Å². The molecule has 1 heterocycles. The van der Waals surface area contributed by atoms with E-state index in [1.165, 1.54) is 6.33 Å². The minimum absolute atomic E-state index is 0.115. The number of nitrogens with two attached hydrogens (primary N) is 1. The Labute approximate surface area is 114 Å². The fraction of sp³-hybridized carbons (Fsp3) is 0.500. The number of amides is 1. The molecule has 0 aromatic carbocycles. The van der Waals surface area contributed by atoms with Gasteiger partial charge in [0, 0.05) is 5.54 Å². The lowest BCUT2D eigenvalue weighted by atomic mass is 10.1. The van der Waals surface area contributed by atoms with Gasteiger partial charge in [0.1, 0.15) is 16.6 Å². The molecular formula is C10H17BrN6O. The number of carbonyl (C=O) groups excluding carboxylic acids is 1. The number of rotatable bonds is 4. The van der Waals surface area contributed by atoms with Crippen LogP contribution in [-0.4, -0.2) is 28.0 Å². The molecule has 0 saturated carbocycles. The highest BCUT2D eigenvalue weighted by Gasteiger charge is 2.14. The molecule has 1 aromatic heterocycles. The van der Waals surface area contributed by atoms with E-state index in [9.17, 15) is 4.79 Å². The molecule has 0 aliphatic rings. The van der Waals surface area contributed by atoms with Gasteiger partial charge in [0.15, 0.2) is 5.82 Å². The van der Waals surface area contributed by atoms with Gasteiger partial charge in [-0.2, -0.15) is 0 Å². The second kappa shape index (κ2) is 5.96. The van der Waals surface area contributed by atoms with Crippen LogP contribution in [0.3, 0.4) is 0 Å². The summed E-state index contributed by atoms with van der Waals surface area (Å²) in [6, 6.07) is 0. The number of halogens is 1. The van der Waals surface area contributed by atoms with Gasteiger partial charge >= 0.3 is 0 Å². The third-order valence-corrected chi connectivity index (χ3v) is 2.61. The number of aromatic nitrogens is 2. The molecule has 5 N–H and O–H groups in total. The second-order valence-corrected chi connectivity index (χ2v) is 5.47. The first-order valence-electron chi connectivity index (χ1n) is 5.35. The molecule has 0 aliphatic carbocycles. The summed E-state index contributed by atoms with van der Waals surface area (Å²) in [5.41, 5.74) is 2.16. The SMILES string of the molecule is CC(C)(C)NC(=O)CNc1ncnc(NN)c1Br. The summed E-state index contributed by atoms with van der Waals surface area (Å²) in [6.07, 6.45) is 1.35. The van der Waals surface area contributed by atoms with Crippen LogP contribution in [-0.2, 0) is 4.79 Å². The average molecular weight is 317 g/mol. The maximum atomic E-state index is 11.6. The first kappa shape index (κ1) is 14.7. The first-order chi connectivity index (χ1) is 8.33. The van der Waals surface area contributed by atoms with E-state index in [2.05, 4.69) is 42.0 Å². The van der Waals surface area contributed by atoms with Crippen LogP contribution in [0.15, 0.2) is 10.8 Å². The molecule has 18 heavy (non-hydrogen) atoms. The van der Waals surface area contributed by atoms with E-state index in [0.29, 0.717) is 16.1 Å². The zero-order chi connectivity index (χ0) is 13.8. The van der Waals surface area contributed by atoms with E-state index < -0.39 is 0 Å². The van der Waals surface area contributed by atoms with Crippen LogP contribution >= 0.6 is 15.9 Å². The summed E-state index contributed by atoms with van der Waals surface area (Å²) in [5, 5.41) is 5.74. The van der Waals surface area contributed by atoms with Crippen molar-refractivity contribution in [3.8, 4) is 0 Å². The summed E-state index contributed by atoms with van der Waals surface area (Å²) in [4.78, 5) is 19.5. The Balaban J connectivity index is 2.61. The van der Waals surface area contributed by atoms with E-state index in [1.54, 1.807) is 0 Å². The van der Waals surface area contributed by atoms with Crippen LogP contribution in [0.2, 0.25) is 0 Å². The molecule has 0 bridgehead atoms. The van der Waals surface area contributed by atoms with Gasteiger partial charge in [-0.3, -0.25) is 4.79 Å². The molecule has 0 fully saturated rings. The minimum Gasteiger partial charge on any atom is -0.360 e. The maximum absolute atomic E-state index is 11.6. The van der Waals surface area contributed by atoms with E-state index >= 15 is 0 Å². The van der Waals surface area contributed by atoms with Crippen LogP contribution < -0.4 is 21.9 Å². The molecule has 100 valence electrons. The number of carbonyl (C=O) groups is 1. The quantitative estimate of drug-likeness (QED) is 0.485. The monoisotopic (exact) mass is 316 g/mol. The lowest BCUT2D eigenvalue weighted by Gasteiger charge is -2.20. The van der Waals surface area contributed by atoms with Gasteiger partial charge < -0.3 is 16.1 Å². The molecule has 0 radical (unpaired) electrons. The Morgan fingerprint density at radius 3 is 2.56 bits per heavy atom. The Kier molecular flexibility index (Phi) is 4.85. The smallest absolute Gasteiger partial charge is 0.239 e. The van der Waals surface area contributed by atoms with Crippen LogP contribution in [0.25, 0.3) is 0 Å². The molecule has 0 saturated heterocycles. The number of nitrogens with one attached hydrogen (secondary N) is 3. The number of hydrazine groups is 1. The van der Waals surface area contributed by atoms with Crippen molar-refractivity contribution in [2.24, 2.45) is 5.84 Å². The maximum Gasteiger partial charge on any atom is 0.239 e. The standard InChI is InChI=1S/C10H17BrN6O/c1-10(2,3)16-6(18)4-13-8-7(11)9(17-12)15-5-14-8/h5H,4,12H2,1-3H3,(H,16,18)(H2,13,14,15,17). The van der Waals surface area contributed by atoms with Crippen molar-refractivity contribution < 1.29 is 4.79 Å². The van der Waals surface area contributed by atoms with Crippen LogP contribution in [0.5, 0.6) is 0 Å². The van der Waals surface area contributed by atoms with Gasteiger partial charge in [0.25, 0.3) is 0 Å². The predicted molar refractivity (Wildman–Crippen MR) is 73.9 cm³/mol. The van der Waals surface area contributed by atoms with Gasteiger partial charge in [0.05, 0.1) is 6.54 Å². The minimum atomic E-state index is -0.258. The Bertz CT molecular complexity index is 431. The highest BCUT2D eigenvalue weighted by atomic mass is 79.9. The van der Waals surface area contributed by atoms with Gasteiger partial charge in [-0.15, -0.1) is 0 Å². The fourth-order valence-corrected chi connectivity index (χ4v) is 1.68. The topological polar surface area (TPSA) is 105 Å². The number of anilines is 2. The highest BCUT2D eigenvalue weighted by molar-refractivity contribution is 9.10. The summed E-state index contributed by atoms with van der Waals surface area (Å²) in [5.74, 6) is 6.12. The van der Waals surface area contributed by atoms with E-state index in [-0.39, 0.29) is 18.0 Å².